The van der Waals surface area contributed by atoms with E-state index in [9.17, 15) is 9.59 Å². The van der Waals surface area contributed by atoms with Gasteiger partial charge in [0.1, 0.15) is 24.7 Å². The lowest BCUT2D eigenvalue weighted by atomic mass is 10.0. The van der Waals surface area contributed by atoms with Crippen molar-refractivity contribution in [2.75, 3.05) is 13.2 Å². The molecule has 1 heterocycles. The van der Waals surface area contributed by atoms with Crippen molar-refractivity contribution in [1.29, 1.82) is 0 Å². The Morgan fingerprint density at radius 2 is 1.43 bits per heavy atom. The topological polar surface area (TPSA) is 55.8 Å². The SMILES string of the molecule is O=C1S/C(=C\c2c(OCc3ccccc3Cl)ccc3ccccc23)C(=O)N1CCOc1cccc2ccccc12. The maximum Gasteiger partial charge on any atom is 0.293 e. The molecule has 0 radical (unpaired) electrons. The summed E-state index contributed by atoms with van der Waals surface area (Å²) >= 11 is 7.26. The number of amides is 2. The average molecular weight is 566 g/mol. The lowest BCUT2D eigenvalue weighted by molar-refractivity contribution is -0.123. The Hall–Kier alpha value is -4.26. The zero-order valence-electron chi connectivity index (χ0n) is 21.4. The van der Waals surface area contributed by atoms with Crippen molar-refractivity contribution in [3.05, 3.63) is 124 Å². The molecule has 0 saturated carbocycles. The van der Waals surface area contributed by atoms with Gasteiger partial charge in [0.05, 0.1) is 11.4 Å². The Bertz CT molecular complexity index is 1780. The van der Waals surface area contributed by atoms with Gasteiger partial charge < -0.3 is 9.47 Å². The van der Waals surface area contributed by atoms with Gasteiger partial charge in [0.25, 0.3) is 11.1 Å². The first kappa shape index (κ1) is 26.0. The molecule has 0 N–H and O–H groups in total. The van der Waals surface area contributed by atoms with Gasteiger partial charge in [-0.05, 0) is 52.2 Å². The van der Waals surface area contributed by atoms with Crippen LogP contribution in [0.4, 0.5) is 4.79 Å². The number of halogens is 1. The molecule has 0 aromatic heterocycles. The zero-order chi connectivity index (χ0) is 27.5. The second-order valence-electron chi connectivity index (χ2n) is 9.24. The summed E-state index contributed by atoms with van der Waals surface area (Å²) in [7, 11) is 0. The molecule has 1 aliphatic rings. The van der Waals surface area contributed by atoms with E-state index in [0.29, 0.717) is 15.7 Å². The molecule has 5 aromatic carbocycles. The van der Waals surface area contributed by atoms with Gasteiger partial charge in [-0.15, -0.1) is 0 Å². The lowest BCUT2D eigenvalue weighted by Crippen LogP contribution is -2.32. The van der Waals surface area contributed by atoms with E-state index in [0.717, 1.165) is 50.2 Å². The number of hydrogen-bond acceptors (Lipinski definition) is 5. The number of carbonyl (C=O) groups is 2. The molecule has 0 unspecified atom stereocenters. The van der Waals surface area contributed by atoms with Crippen LogP contribution in [0.1, 0.15) is 11.1 Å². The summed E-state index contributed by atoms with van der Waals surface area (Å²) in [5.74, 6) is 0.975. The van der Waals surface area contributed by atoms with E-state index >= 15 is 0 Å². The van der Waals surface area contributed by atoms with Crippen LogP contribution in [0, 0.1) is 0 Å². The molecule has 6 rings (SSSR count). The first-order valence-corrected chi connectivity index (χ1v) is 14.0. The third kappa shape index (κ3) is 5.28. The molecular weight excluding hydrogens is 542 g/mol. The van der Waals surface area contributed by atoms with Crippen LogP contribution in [0.5, 0.6) is 11.5 Å². The van der Waals surface area contributed by atoms with Gasteiger partial charge >= 0.3 is 0 Å². The predicted molar refractivity (Wildman–Crippen MR) is 162 cm³/mol. The molecule has 0 bridgehead atoms. The molecule has 1 saturated heterocycles. The number of hydrogen-bond donors (Lipinski definition) is 0. The standard InChI is InChI=1S/C33H24ClNO4S/c34-28-14-6-3-10-24(28)21-39-30-17-16-23-9-1-4-12-25(23)27(30)20-31-32(36)35(33(37)40-31)18-19-38-29-15-7-11-22-8-2-5-13-26(22)29/h1-17,20H,18-19,21H2/b31-20-. The lowest BCUT2D eigenvalue weighted by Gasteiger charge is -2.15. The number of carbonyl (C=O) groups excluding carboxylic acids is 2. The van der Waals surface area contributed by atoms with E-state index in [-0.39, 0.29) is 30.9 Å². The van der Waals surface area contributed by atoms with Gasteiger partial charge in [-0.2, -0.15) is 0 Å². The van der Waals surface area contributed by atoms with Gasteiger partial charge in [-0.3, -0.25) is 14.5 Å². The van der Waals surface area contributed by atoms with Crippen LogP contribution in [0.2, 0.25) is 5.02 Å². The Kier molecular flexibility index (Phi) is 7.45. The highest BCUT2D eigenvalue weighted by molar-refractivity contribution is 8.18. The fourth-order valence-corrected chi connectivity index (χ4v) is 5.75. The van der Waals surface area contributed by atoms with Gasteiger partial charge in [-0.1, -0.05) is 96.5 Å². The number of ether oxygens (including phenoxy) is 2. The summed E-state index contributed by atoms with van der Waals surface area (Å²) in [5, 5.41) is 4.27. The molecule has 2 amide bonds. The van der Waals surface area contributed by atoms with E-state index < -0.39 is 0 Å². The molecular formula is C33H24ClNO4S. The van der Waals surface area contributed by atoms with Gasteiger partial charge in [0, 0.05) is 21.5 Å². The van der Waals surface area contributed by atoms with Crippen molar-refractivity contribution in [1.82, 2.24) is 4.90 Å². The Balaban J connectivity index is 1.23. The van der Waals surface area contributed by atoms with Crippen LogP contribution < -0.4 is 9.47 Å². The van der Waals surface area contributed by atoms with Crippen LogP contribution in [0.15, 0.2) is 108 Å². The molecule has 0 spiro atoms. The Morgan fingerprint density at radius 1 is 0.725 bits per heavy atom. The molecule has 5 nitrogen and oxygen atoms in total. The number of rotatable bonds is 8. The smallest absolute Gasteiger partial charge is 0.293 e. The van der Waals surface area contributed by atoms with Gasteiger partial charge in [0.2, 0.25) is 0 Å². The largest absolute Gasteiger partial charge is 0.491 e. The molecule has 40 heavy (non-hydrogen) atoms. The average Bonchev–Trinajstić information content (AvgIpc) is 3.25. The first-order chi connectivity index (χ1) is 19.6. The summed E-state index contributed by atoms with van der Waals surface area (Å²) in [4.78, 5) is 27.8. The summed E-state index contributed by atoms with van der Waals surface area (Å²) < 4.78 is 12.2. The summed E-state index contributed by atoms with van der Waals surface area (Å²) in [6.07, 6.45) is 1.75. The minimum atomic E-state index is -0.346. The third-order valence-corrected chi connectivity index (χ3v) is 8.02. The second kappa shape index (κ2) is 11.5. The maximum atomic E-state index is 13.3. The number of benzene rings is 5. The number of fused-ring (bicyclic) bond motifs is 2. The quantitative estimate of drug-likeness (QED) is 0.177. The van der Waals surface area contributed by atoms with Crippen LogP contribution in [-0.4, -0.2) is 29.2 Å². The fourth-order valence-electron chi connectivity index (χ4n) is 4.71. The van der Waals surface area contributed by atoms with E-state index in [4.69, 9.17) is 21.1 Å². The van der Waals surface area contributed by atoms with E-state index in [1.807, 2.05) is 103 Å². The Morgan fingerprint density at radius 3 is 2.25 bits per heavy atom. The Labute approximate surface area is 241 Å². The van der Waals surface area contributed by atoms with E-state index in [2.05, 4.69) is 0 Å². The fraction of sp³-hybridized carbons (Fsp3) is 0.0909. The van der Waals surface area contributed by atoms with Crippen molar-refractivity contribution < 1.29 is 19.1 Å². The second-order valence-corrected chi connectivity index (χ2v) is 10.6. The molecule has 1 aliphatic heterocycles. The van der Waals surface area contributed by atoms with Gasteiger partial charge in [-0.25, -0.2) is 0 Å². The summed E-state index contributed by atoms with van der Waals surface area (Å²) in [6.45, 7) is 0.613. The minimum absolute atomic E-state index is 0.149. The highest BCUT2D eigenvalue weighted by Gasteiger charge is 2.35. The number of thioether (sulfide) groups is 1. The van der Waals surface area contributed by atoms with Crippen LogP contribution in [0.3, 0.4) is 0 Å². The van der Waals surface area contributed by atoms with Crippen LogP contribution >= 0.6 is 23.4 Å². The molecule has 0 atom stereocenters. The summed E-state index contributed by atoms with van der Waals surface area (Å²) in [6, 6.07) is 33.0. The van der Waals surface area contributed by atoms with Crippen molar-refractivity contribution in [2.24, 2.45) is 0 Å². The van der Waals surface area contributed by atoms with E-state index in [1.165, 1.54) is 4.90 Å². The molecule has 5 aromatic rings. The summed E-state index contributed by atoms with van der Waals surface area (Å²) in [5.41, 5.74) is 1.59. The van der Waals surface area contributed by atoms with Crippen LogP contribution in [0.25, 0.3) is 27.6 Å². The number of imide groups is 1. The number of nitrogens with zero attached hydrogens (tertiary/aromatic N) is 1. The molecule has 0 aliphatic carbocycles. The van der Waals surface area contributed by atoms with Crippen LogP contribution in [-0.2, 0) is 11.4 Å². The van der Waals surface area contributed by atoms with Crippen molar-refractivity contribution in [2.45, 2.75) is 6.61 Å². The highest BCUT2D eigenvalue weighted by Crippen LogP contribution is 2.37. The van der Waals surface area contributed by atoms with E-state index in [1.54, 1.807) is 6.08 Å². The molecule has 1 fully saturated rings. The monoisotopic (exact) mass is 565 g/mol. The van der Waals surface area contributed by atoms with Crippen molar-refractivity contribution >= 4 is 62.1 Å². The van der Waals surface area contributed by atoms with Crippen molar-refractivity contribution in [3.63, 3.8) is 0 Å². The zero-order valence-corrected chi connectivity index (χ0v) is 23.0. The molecule has 7 heteroatoms. The van der Waals surface area contributed by atoms with Crippen molar-refractivity contribution in [3.8, 4) is 11.5 Å². The molecule has 198 valence electrons. The first-order valence-electron chi connectivity index (χ1n) is 12.8. The predicted octanol–water partition coefficient (Wildman–Crippen LogP) is 8.34. The third-order valence-electron chi connectivity index (χ3n) is 6.74. The highest BCUT2D eigenvalue weighted by atomic mass is 35.5. The normalized spacial score (nSPS) is 14.4. The minimum Gasteiger partial charge on any atom is -0.491 e. The van der Waals surface area contributed by atoms with Gasteiger partial charge in [0.15, 0.2) is 0 Å². The maximum absolute atomic E-state index is 13.3.